The number of nitrogens with zero attached hydrogens (tertiary/aromatic N) is 7. The van der Waals surface area contributed by atoms with Gasteiger partial charge in [0.25, 0.3) is 5.78 Å². The summed E-state index contributed by atoms with van der Waals surface area (Å²) in [5.41, 5.74) is 1.52. The van der Waals surface area contributed by atoms with Crippen LogP contribution in [0.15, 0.2) is 30.7 Å². The number of pyridine rings is 1. The second-order valence-corrected chi connectivity index (χ2v) is 7.28. The zero-order chi connectivity index (χ0) is 20.9. The molecule has 3 aromatic heterocycles. The van der Waals surface area contributed by atoms with Crippen LogP contribution in [0.4, 0.5) is 11.6 Å². The molecule has 0 atom stereocenters. The van der Waals surface area contributed by atoms with E-state index in [0.717, 1.165) is 62.8 Å². The van der Waals surface area contributed by atoms with E-state index in [1.165, 1.54) is 0 Å². The molecule has 0 N–H and O–H groups in total. The highest BCUT2D eigenvalue weighted by Gasteiger charge is 2.20. The number of anilines is 2. The standard InChI is InChI=1S/C21H27N7O2/c1-3-6-17-13-19(28-21(25-17)23-15-24-28)27-10-5-9-26(11-12-27)18-8-7-16(14-22-18)20(29)30-4-2/h7-8,13-15H,3-6,9-12H2,1-2H3. The zero-order valence-corrected chi connectivity index (χ0v) is 17.5. The van der Waals surface area contributed by atoms with E-state index in [0.29, 0.717) is 17.9 Å². The van der Waals surface area contributed by atoms with E-state index in [1.54, 1.807) is 25.5 Å². The fourth-order valence-corrected chi connectivity index (χ4v) is 3.74. The Morgan fingerprint density at radius 1 is 1.10 bits per heavy atom. The molecule has 4 rings (SSSR count). The molecule has 0 radical (unpaired) electrons. The smallest absolute Gasteiger partial charge is 0.339 e. The number of rotatable bonds is 6. The molecule has 9 nitrogen and oxygen atoms in total. The van der Waals surface area contributed by atoms with E-state index in [1.807, 2.05) is 10.6 Å². The lowest BCUT2D eigenvalue weighted by Crippen LogP contribution is -2.32. The van der Waals surface area contributed by atoms with Crippen molar-refractivity contribution in [2.75, 3.05) is 42.6 Å². The van der Waals surface area contributed by atoms with Gasteiger partial charge in [0.1, 0.15) is 18.0 Å². The van der Waals surface area contributed by atoms with Gasteiger partial charge in [0.2, 0.25) is 0 Å². The van der Waals surface area contributed by atoms with Crippen molar-refractivity contribution >= 4 is 23.4 Å². The predicted octanol–water partition coefficient (Wildman–Crippen LogP) is 2.37. The first-order valence-electron chi connectivity index (χ1n) is 10.5. The van der Waals surface area contributed by atoms with E-state index in [9.17, 15) is 4.79 Å². The Morgan fingerprint density at radius 2 is 1.93 bits per heavy atom. The first-order valence-corrected chi connectivity index (χ1v) is 10.5. The van der Waals surface area contributed by atoms with E-state index in [-0.39, 0.29) is 5.97 Å². The summed E-state index contributed by atoms with van der Waals surface area (Å²) >= 11 is 0. The van der Waals surface area contributed by atoms with Crippen LogP contribution in [0.5, 0.6) is 0 Å². The van der Waals surface area contributed by atoms with Crippen molar-refractivity contribution in [3.05, 3.63) is 42.0 Å². The normalized spacial score (nSPS) is 14.7. The quantitative estimate of drug-likeness (QED) is 0.573. The van der Waals surface area contributed by atoms with E-state index >= 15 is 0 Å². The molecule has 0 amide bonds. The molecule has 4 heterocycles. The van der Waals surface area contributed by atoms with E-state index < -0.39 is 0 Å². The second-order valence-electron chi connectivity index (χ2n) is 7.28. The topological polar surface area (TPSA) is 88.8 Å². The van der Waals surface area contributed by atoms with Gasteiger partial charge in [-0.2, -0.15) is 14.6 Å². The Kier molecular flexibility index (Phi) is 6.06. The molecule has 0 aromatic carbocycles. The van der Waals surface area contributed by atoms with Crippen LogP contribution in [-0.4, -0.2) is 63.3 Å². The van der Waals surface area contributed by atoms with Gasteiger partial charge in [-0.1, -0.05) is 13.3 Å². The first-order chi connectivity index (χ1) is 14.7. The highest BCUT2D eigenvalue weighted by atomic mass is 16.5. The Labute approximate surface area is 175 Å². The molecule has 1 saturated heterocycles. The highest BCUT2D eigenvalue weighted by molar-refractivity contribution is 5.89. The SMILES string of the molecule is CCCc1cc(N2CCCN(c3ccc(C(=O)OCC)cn3)CC2)n2ncnc2n1. The van der Waals surface area contributed by atoms with Crippen LogP contribution in [-0.2, 0) is 11.2 Å². The van der Waals surface area contributed by atoms with Crippen molar-refractivity contribution in [3.8, 4) is 0 Å². The summed E-state index contributed by atoms with van der Waals surface area (Å²) in [4.78, 5) is 29.8. The summed E-state index contributed by atoms with van der Waals surface area (Å²) in [5.74, 6) is 2.22. The molecular weight excluding hydrogens is 382 g/mol. The molecular formula is C21H27N7O2. The lowest BCUT2D eigenvalue weighted by molar-refractivity contribution is 0.0526. The van der Waals surface area contributed by atoms with Crippen molar-refractivity contribution in [1.82, 2.24) is 24.6 Å². The lowest BCUT2D eigenvalue weighted by Gasteiger charge is -2.24. The molecule has 1 aliphatic heterocycles. The molecule has 1 aliphatic rings. The summed E-state index contributed by atoms with van der Waals surface area (Å²) in [7, 11) is 0. The Balaban J connectivity index is 1.50. The number of esters is 1. The van der Waals surface area contributed by atoms with Crippen LogP contribution in [0.3, 0.4) is 0 Å². The van der Waals surface area contributed by atoms with Gasteiger partial charge in [0.15, 0.2) is 0 Å². The van der Waals surface area contributed by atoms with E-state index in [4.69, 9.17) is 4.74 Å². The maximum atomic E-state index is 11.8. The fraction of sp³-hybridized carbons (Fsp3) is 0.476. The van der Waals surface area contributed by atoms with Gasteiger partial charge in [0.05, 0.1) is 12.2 Å². The van der Waals surface area contributed by atoms with Gasteiger partial charge in [0, 0.05) is 44.1 Å². The van der Waals surface area contributed by atoms with Crippen molar-refractivity contribution in [2.45, 2.75) is 33.1 Å². The van der Waals surface area contributed by atoms with Crippen LogP contribution in [0.2, 0.25) is 0 Å². The number of fused-ring (bicyclic) bond motifs is 1. The first kappa shape index (κ1) is 20.1. The molecule has 0 saturated carbocycles. The molecule has 0 aliphatic carbocycles. The number of carbonyl (C=O) groups excluding carboxylic acids is 1. The van der Waals surface area contributed by atoms with Gasteiger partial charge >= 0.3 is 5.97 Å². The Hall–Kier alpha value is -3.23. The largest absolute Gasteiger partial charge is 0.462 e. The summed E-state index contributed by atoms with van der Waals surface area (Å²) in [6.07, 6.45) is 6.10. The van der Waals surface area contributed by atoms with Crippen LogP contribution >= 0.6 is 0 Å². The molecule has 30 heavy (non-hydrogen) atoms. The van der Waals surface area contributed by atoms with Crippen molar-refractivity contribution in [2.24, 2.45) is 0 Å². The third kappa shape index (κ3) is 4.19. The lowest BCUT2D eigenvalue weighted by atomic mass is 10.2. The molecule has 0 unspecified atom stereocenters. The van der Waals surface area contributed by atoms with Crippen molar-refractivity contribution in [3.63, 3.8) is 0 Å². The minimum absolute atomic E-state index is 0.337. The zero-order valence-electron chi connectivity index (χ0n) is 17.5. The van der Waals surface area contributed by atoms with Gasteiger partial charge < -0.3 is 14.5 Å². The Bertz CT molecular complexity index is 1000. The monoisotopic (exact) mass is 409 g/mol. The summed E-state index contributed by atoms with van der Waals surface area (Å²) < 4.78 is 6.85. The Morgan fingerprint density at radius 3 is 2.70 bits per heavy atom. The summed E-state index contributed by atoms with van der Waals surface area (Å²) in [5, 5.41) is 4.38. The van der Waals surface area contributed by atoms with Crippen LogP contribution < -0.4 is 9.80 Å². The number of hydrogen-bond donors (Lipinski definition) is 0. The van der Waals surface area contributed by atoms with Crippen LogP contribution in [0.1, 0.15) is 42.7 Å². The minimum Gasteiger partial charge on any atom is -0.462 e. The highest BCUT2D eigenvalue weighted by Crippen LogP contribution is 2.21. The number of hydrogen-bond acceptors (Lipinski definition) is 8. The number of ether oxygens (including phenoxy) is 1. The molecule has 9 heteroatoms. The maximum Gasteiger partial charge on any atom is 0.339 e. The maximum absolute atomic E-state index is 11.8. The predicted molar refractivity (Wildman–Crippen MR) is 114 cm³/mol. The number of carbonyl (C=O) groups is 1. The molecule has 0 bridgehead atoms. The fourth-order valence-electron chi connectivity index (χ4n) is 3.74. The third-order valence-corrected chi connectivity index (χ3v) is 5.20. The van der Waals surface area contributed by atoms with Crippen molar-refractivity contribution < 1.29 is 9.53 Å². The molecule has 1 fully saturated rings. The number of aryl methyl sites for hydroxylation is 1. The van der Waals surface area contributed by atoms with Crippen molar-refractivity contribution in [1.29, 1.82) is 0 Å². The third-order valence-electron chi connectivity index (χ3n) is 5.20. The van der Waals surface area contributed by atoms with Gasteiger partial charge in [-0.15, -0.1) is 0 Å². The van der Waals surface area contributed by atoms with Crippen LogP contribution in [0.25, 0.3) is 5.78 Å². The van der Waals surface area contributed by atoms with Crippen LogP contribution in [0, 0.1) is 0 Å². The second kappa shape index (κ2) is 9.06. The summed E-state index contributed by atoms with van der Waals surface area (Å²) in [6.45, 7) is 7.79. The summed E-state index contributed by atoms with van der Waals surface area (Å²) in [6, 6.07) is 5.80. The molecule has 0 spiro atoms. The minimum atomic E-state index is -0.337. The average Bonchev–Trinajstić information content (AvgIpc) is 3.10. The van der Waals surface area contributed by atoms with Gasteiger partial charge in [-0.05, 0) is 31.9 Å². The average molecular weight is 409 g/mol. The van der Waals surface area contributed by atoms with E-state index in [2.05, 4.69) is 42.8 Å². The van der Waals surface area contributed by atoms with Gasteiger partial charge in [-0.3, -0.25) is 0 Å². The molecule has 158 valence electrons. The van der Waals surface area contributed by atoms with Gasteiger partial charge in [-0.25, -0.2) is 14.8 Å². The molecule has 3 aromatic rings. The number of aromatic nitrogens is 5.